The van der Waals surface area contributed by atoms with E-state index in [0.717, 1.165) is 11.3 Å². The fourth-order valence-electron chi connectivity index (χ4n) is 4.09. The third-order valence-corrected chi connectivity index (χ3v) is 6.91. The lowest BCUT2D eigenvalue weighted by molar-refractivity contribution is -0.116. The van der Waals surface area contributed by atoms with Crippen LogP contribution in [0.1, 0.15) is 18.0 Å². The van der Waals surface area contributed by atoms with Crippen molar-refractivity contribution in [2.45, 2.75) is 24.5 Å². The van der Waals surface area contributed by atoms with E-state index < -0.39 is 0 Å². The summed E-state index contributed by atoms with van der Waals surface area (Å²) in [6, 6.07) is 12.7. The molecule has 0 radical (unpaired) electrons. The van der Waals surface area contributed by atoms with Crippen LogP contribution in [0.3, 0.4) is 0 Å². The number of amides is 1. The maximum absolute atomic E-state index is 13.4. The quantitative estimate of drug-likeness (QED) is 0.424. The van der Waals surface area contributed by atoms with Crippen LogP contribution in [0.15, 0.2) is 58.6 Å². The number of benzene rings is 2. The highest BCUT2D eigenvalue weighted by atomic mass is 32.2. The van der Waals surface area contributed by atoms with Gasteiger partial charge in [-0.3, -0.25) is 14.2 Å². The van der Waals surface area contributed by atoms with Gasteiger partial charge in [0.15, 0.2) is 10.8 Å². The summed E-state index contributed by atoms with van der Waals surface area (Å²) in [4.78, 5) is 31.0. The van der Waals surface area contributed by atoms with Crippen LogP contribution < -0.4 is 20.3 Å². The number of thioether (sulfide) groups is 1. The molecule has 9 nitrogen and oxygen atoms in total. The number of anilines is 1. The van der Waals surface area contributed by atoms with Crippen molar-refractivity contribution in [1.82, 2.24) is 19.3 Å². The minimum atomic E-state index is -0.317. The first-order valence-corrected chi connectivity index (χ1v) is 11.7. The molecule has 1 atom stereocenters. The number of carbonyl (C=O) groups is 1. The van der Waals surface area contributed by atoms with Crippen LogP contribution in [-0.4, -0.2) is 45.2 Å². The fraction of sp³-hybridized carbons (Fsp3) is 0.250. The van der Waals surface area contributed by atoms with Crippen molar-refractivity contribution in [2.24, 2.45) is 0 Å². The number of hydrogen-bond donors (Lipinski definition) is 1. The summed E-state index contributed by atoms with van der Waals surface area (Å²) in [5.41, 5.74) is 2.75. The number of rotatable bonds is 6. The minimum absolute atomic E-state index is 0.124. The van der Waals surface area contributed by atoms with Crippen molar-refractivity contribution in [1.29, 1.82) is 0 Å². The highest BCUT2D eigenvalue weighted by Gasteiger charge is 2.30. The monoisotopic (exact) mass is 477 g/mol. The molecule has 0 bridgehead atoms. The summed E-state index contributed by atoms with van der Waals surface area (Å²) in [5, 5.41) is 8.32. The zero-order chi connectivity index (χ0) is 23.8. The molecule has 1 aliphatic heterocycles. The van der Waals surface area contributed by atoms with Crippen LogP contribution in [0, 0.1) is 6.92 Å². The Morgan fingerprint density at radius 2 is 2.03 bits per heavy atom. The summed E-state index contributed by atoms with van der Waals surface area (Å²) < 4.78 is 13.9. The van der Waals surface area contributed by atoms with Crippen molar-refractivity contribution in [3.8, 4) is 17.2 Å². The Labute approximate surface area is 199 Å². The molecule has 34 heavy (non-hydrogen) atoms. The normalized spacial score (nSPS) is 14.7. The second kappa shape index (κ2) is 8.86. The first-order chi connectivity index (χ1) is 16.5. The Morgan fingerprint density at radius 1 is 1.21 bits per heavy atom. The van der Waals surface area contributed by atoms with Crippen molar-refractivity contribution in [3.05, 3.63) is 64.6 Å². The van der Waals surface area contributed by atoms with Gasteiger partial charge in [-0.05, 0) is 30.7 Å². The van der Waals surface area contributed by atoms with Gasteiger partial charge < -0.3 is 14.8 Å². The molecule has 0 fully saturated rings. The lowest BCUT2D eigenvalue weighted by atomic mass is 10.2. The van der Waals surface area contributed by atoms with Crippen LogP contribution in [-0.2, 0) is 4.79 Å². The van der Waals surface area contributed by atoms with E-state index in [1.54, 1.807) is 40.8 Å². The molecule has 4 aromatic rings. The molecule has 2 aromatic heterocycles. The number of para-hydroxylation sites is 1. The molecule has 0 aliphatic carbocycles. The van der Waals surface area contributed by atoms with Gasteiger partial charge in [-0.2, -0.15) is 5.10 Å². The summed E-state index contributed by atoms with van der Waals surface area (Å²) in [7, 11) is 3.09. The fourth-order valence-corrected chi connectivity index (χ4v) is 5.22. The lowest BCUT2D eigenvalue weighted by Crippen LogP contribution is -2.27. The molecular formula is C24H23N5O4S. The lowest BCUT2D eigenvalue weighted by Gasteiger charge is -2.15. The number of carbonyl (C=O) groups excluding carboxylic acids is 1. The third kappa shape index (κ3) is 3.79. The summed E-state index contributed by atoms with van der Waals surface area (Å²) in [5.74, 6) is 1.48. The molecule has 2 aromatic carbocycles. The van der Waals surface area contributed by atoms with Crippen LogP contribution >= 0.6 is 11.8 Å². The van der Waals surface area contributed by atoms with Gasteiger partial charge in [0.2, 0.25) is 5.91 Å². The Morgan fingerprint density at radius 3 is 2.79 bits per heavy atom. The third-order valence-electron chi connectivity index (χ3n) is 5.82. The molecule has 174 valence electrons. The van der Waals surface area contributed by atoms with E-state index in [1.807, 2.05) is 31.2 Å². The average molecular weight is 478 g/mol. The predicted octanol–water partition coefficient (Wildman–Crippen LogP) is 3.58. The number of aryl methyl sites for hydroxylation is 1. The van der Waals surface area contributed by atoms with E-state index in [1.165, 1.54) is 18.9 Å². The number of ether oxygens (including phenoxy) is 2. The molecule has 10 heteroatoms. The van der Waals surface area contributed by atoms with Gasteiger partial charge in [0.1, 0.15) is 16.9 Å². The van der Waals surface area contributed by atoms with Crippen molar-refractivity contribution in [2.75, 3.05) is 25.3 Å². The van der Waals surface area contributed by atoms with Gasteiger partial charge in [-0.25, -0.2) is 9.67 Å². The van der Waals surface area contributed by atoms with E-state index in [-0.39, 0.29) is 23.9 Å². The largest absolute Gasteiger partial charge is 0.497 e. The number of nitrogens with zero attached hydrogens (tertiary/aromatic N) is 4. The van der Waals surface area contributed by atoms with Gasteiger partial charge in [0.25, 0.3) is 5.56 Å². The zero-order valence-electron chi connectivity index (χ0n) is 18.9. The Hall–Kier alpha value is -3.79. The maximum Gasteiger partial charge on any atom is 0.265 e. The number of fused-ring (bicyclic) bond motifs is 2. The molecule has 0 saturated heterocycles. The van der Waals surface area contributed by atoms with Crippen molar-refractivity contribution >= 4 is 34.4 Å². The Balaban J connectivity index is 1.44. The summed E-state index contributed by atoms with van der Waals surface area (Å²) >= 11 is 1.46. The molecule has 3 heterocycles. The molecular weight excluding hydrogens is 454 g/mol. The van der Waals surface area contributed by atoms with Gasteiger partial charge in [-0.15, -0.1) is 0 Å². The molecule has 0 saturated carbocycles. The molecule has 1 N–H and O–H groups in total. The summed E-state index contributed by atoms with van der Waals surface area (Å²) in [6.07, 6.45) is 1.67. The Bertz CT molecular complexity index is 1460. The van der Waals surface area contributed by atoms with E-state index in [4.69, 9.17) is 14.5 Å². The van der Waals surface area contributed by atoms with Crippen LogP contribution in [0.2, 0.25) is 0 Å². The topological polar surface area (TPSA) is 100 Å². The zero-order valence-corrected chi connectivity index (χ0v) is 19.8. The first kappa shape index (κ1) is 22.0. The molecule has 0 spiro atoms. The SMILES string of the molecule is COc1ccc(OC)c(NC(=O)CC2CSc3nc4c(cnn4-c4ccccc4C)c(=O)n32)c1. The Kier molecular flexibility index (Phi) is 5.74. The number of nitrogens with one attached hydrogen (secondary N) is 1. The number of methoxy groups -OCH3 is 2. The van der Waals surface area contributed by atoms with Crippen LogP contribution in [0.25, 0.3) is 16.7 Å². The molecule has 5 rings (SSSR count). The number of hydrogen-bond acceptors (Lipinski definition) is 7. The van der Waals surface area contributed by atoms with E-state index in [0.29, 0.717) is 39.1 Å². The van der Waals surface area contributed by atoms with Crippen molar-refractivity contribution in [3.63, 3.8) is 0 Å². The first-order valence-electron chi connectivity index (χ1n) is 10.7. The van der Waals surface area contributed by atoms with Crippen LogP contribution in [0.5, 0.6) is 11.5 Å². The molecule has 1 amide bonds. The van der Waals surface area contributed by atoms with Gasteiger partial charge in [0, 0.05) is 18.2 Å². The highest BCUT2D eigenvalue weighted by molar-refractivity contribution is 7.99. The maximum atomic E-state index is 13.4. The average Bonchev–Trinajstić information content (AvgIpc) is 3.44. The van der Waals surface area contributed by atoms with Crippen molar-refractivity contribution < 1.29 is 14.3 Å². The molecule has 1 unspecified atom stereocenters. The van der Waals surface area contributed by atoms with E-state index in [9.17, 15) is 9.59 Å². The second-order valence-electron chi connectivity index (χ2n) is 7.93. The van der Waals surface area contributed by atoms with Gasteiger partial charge in [0.05, 0.1) is 37.8 Å². The van der Waals surface area contributed by atoms with Gasteiger partial charge in [-0.1, -0.05) is 30.0 Å². The minimum Gasteiger partial charge on any atom is -0.497 e. The number of aromatic nitrogens is 4. The summed E-state index contributed by atoms with van der Waals surface area (Å²) in [6.45, 7) is 1.99. The van der Waals surface area contributed by atoms with E-state index >= 15 is 0 Å². The van der Waals surface area contributed by atoms with Crippen LogP contribution in [0.4, 0.5) is 5.69 Å². The standard InChI is InChI=1S/C24H23N5O4S/c1-14-6-4-5-7-19(14)29-22-17(12-25-29)23(31)28-15(13-34-24(28)27-22)10-21(30)26-18-11-16(32-2)8-9-20(18)33-3/h4-9,11-12,15H,10,13H2,1-3H3,(H,26,30). The molecule has 1 aliphatic rings. The predicted molar refractivity (Wildman–Crippen MR) is 130 cm³/mol. The smallest absolute Gasteiger partial charge is 0.265 e. The highest BCUT2D eigenvalue weighted by Crippen LogP contribution is 2.35. The van der Waals surface area contributed by atoms with Gasteiger partial charge >= 0.3 is 0 Å². The van der Waals surface area contributed by atoms with E-state index in [2.05, 4.69) is 10.4 Å². The second-order valence-corrected chi connectivity index (χ2v) is 8.92.